The maximum Gasteiger partial charge on any atom is 0.573 e. The van der Waals surface area contributed by atoms with Crippen LogP contribution in [0.3, 0.4) is 0 Å². The van der Waals surface area contributed by atoms with Crippen molar-refractivity contribution in [3.8, 4) is 5.75 Å². The van der Waals surface area contributed by atoms with Gasteiger partial charge in [-0.05, 0) is 49.3 Å². The predicted octanol–water partition coefficient (Wildman–Crippen LogP) is 3.07. The Labute approximate surface area is 143 Å². The number of alkyl halides is 3. The van der Waals surface area contributed by atoms with Crippen LogP contribution in [0.2, 0.25) is 0 Å². The van der Waals surface area contributed by atoms with Crippen molar-refractivity contribution >= 4 is 27.4 Å². The molecular formula is C14H17F3N2O3S2. The largest absolute Gasteiger partial charge is 0.573 e. The van der Waals surface area contributed by atoms with Crippen molar-refractivity contribution in [1.29, 1.82) is 0 Å². The molecule has 0 unspecified atom stereocenters. The van der Waals surface area contributed by atoms with Crippen LogP contribution in [0.15, 0.2) is 29.2 Å². The van der Waals surface area contributed by atoms with E-state index in [4.69, 9.17) is 12.2 Å². The van der Waals surface area contributed by atoms with Gasteiger partial charge in [-0.2, -0.15) is 0 Å². The number of nitrogens with one attached hydrogen (secondary N) is 2. The zero-order valence-electron chi connectivity index (χ0n) is 12.6. The summed E-state index contributed by atoms with van der Waals surface area (Å²) in [6.07, 6.45) is 0.297. The fourth-order valence-electron chi connectivity index (χ4n) is 2.46. The zero-order valence-corrected chi connectivity index (χ0v) is 14.2. The normalized spacial score (nSPS) is 16.5. The van der Waals surface area contributed by atoms with Crippen molar-refractivity contribution in [1.82, 2.24) is 10.0 Å². The molecule has 1 aromatic rings. The standard InChI is InChI=1S/C14H17F3N2O3S2/c15-14(16,17)22-11-6-8-12(9-7-11)24(20,21)19-13(23)18-10-4-2-1-3-5-10/h6-10H,1-5H2,(H2,18,19,23). The molecule has 0 atom stereocenters. The van der Waals surface area contributed by atoms with Gasteiger partial charge in [-0.3, -0.25) is 4.72 Å². The third-order valence-electron chi connectivity index (χ3n) is 3.54. The van der Waals surface area contributed by atoms with Crippen LogP contribution in [0.1, 0.15) is 32.1 Å². The summed E-state index contributed by atoms with van der Waals surface area (Å²) in [5, 5.41) is 2.94. The Hall–Kier alpha value is -1.55. The van der Waals surface area contributed by atoms with Crippen LogP contribution in [-0.2, 0) is 10.0 Å². The molecule has 0 radical (unpaired) electrons. The first-order chi connectivity index (χ1) is 11.2. The molecule has 0 amide bonds. The van der Waals surface area contributed by atoms with E-state index in [1.807, 2.05) is 0 Å². The lowest BCUT2D eigenvalue weighted by atomic mass is 9.96. The monoisotopic (exact) mass is 382 g/mol. The zero-order chi connectivity index (χ0) is 17.8. The van der Waals surface area contributed by atoms with Gasteiger partial charge in [-0.1, -0.05) is 19.3 Å². The fourth-order valence-corrected chi connectivity index (χ4v) is 3.87. The molecule has 2 N–H and O–H groups in total. The third-order valence-corrected chi connectivity index (χ3v) is 5.25. The van der Waals surface area contributed by atoms with Crippen molar-refractivity contribution in [3.05, 3.63) is 24.3 Å². The molecule has 1 fully saturated rings. The van der Waals surface area contributed by atoms with Crippen LogP contribution in [0.5, 0.6) is 5.75 Å². The molecule has 5 nitrogen and oxygen atoms in total. The molecule has 0 spiro atoms. The Morgan fingerprint density at radius 3 is 2.25 bits per heavy atom. The molecule has 1 aromatic carbocycles. The molecule has 1 aliphatic rings. The first kappa shape index (κ1) is 18.8. The van der Waals surface area contributed by atoms with E-state index in [1.54, 1.807) is 0 Å². The molecule has 0 aliphatic heterocycles. The first-order valence-corrected chi connectivity index (χ1v) is 9.24. The van der Waals surface area contributed by atoms with Crippen molar-refractivity contribution in [3.63, 3.8) is 0 Å². The molecule has 10 heteroatoms. The van der Waals surface area contributed by atoms with Crippen LogP contribution in [0.4, 0.5) is 13.2 Å². The maximum absolute atomic E-state index is 12.2. The quantitative estimate of drug-likeness (QED) is 0.784. The van der Waals surface area contributed by atoms with Crippen LogP contribution < -0.4 is 14.8 Å². The molecule has 134 valence electrons. The number of ether oxygens (including phenoxy) is 1. The van der Waals surface area contributed by atoms with Crippen LogP contribution in [0, 0.1) is 0 Å². The minimum absolute atomic E-state index is 0.0162. The average molecular weight is 382 g/mol. The summed E-state index contributed by atoms with van der Waals surface area (Å²) in [5.41, 5.74) is 0. The van der Waals surface area contributed by atoms with Crippen molar-refractivity contribution in [2.24, 2.45) is 0 Å². The SMILES string of the molecule is O=S(=O)(NC(=S)NC1CCCCC1)c1ccc(OC(F)(F)F)cc1. The van der Waals surface area contributed by atoms with E-state index in [0.717, 1.165) is 56.4 Å². The highest BCUT2D eigenvalue weighted by Crippen LogP contribution is 2.24. The highest BCUT2D eigenvalue weighted by molar-refractivity contribution is 7.91. The summed E-state index contributed by atoms with van der Waals surface area (Å²) < 4.78 is 66.5. The Kier molecular flexibility index (Phi) is 5.92. The van der Waals surface area contributed by atoms with Gasteiger partial charge >= 0.3 is 6.36 Å². The Morgan fingerprint density at radius 1 is 1.12 bits per heavy atom. The molecule has 0 saturated heterocycles. The second-order valence-corrected chi connectivity index (χ2v) is 7.52. The smallest absolute Gasteiger partial charge is 0.406 e. The van der Waals surface area contributed by atoms with E-state index < -0.39 is 22.1 Å². The Balaban J connectivity index is 1.97. The highest BCUT2D eigenvalue weighted by Gasteiger charge is 2.31. The minimum atomic E-state index is -4.83. The van der Waals surface area contributed by atoms with Gasteiger partial charge in [0.1, 0.15) is 5.75 Å². The van der Waals surface area contributed by atoms with Gasteiger partial charge in [0.25, 0.3) is 10.0 Å². The molecule has 24 heavy (non-hydrogen) atoms. The highest BCUT2D eigenvalue weighted by atomic mass is 32.2. The van der Waals surface area contributed by atoms with Crippen molar-refractivity contribution in [2.75, 3.05) is 0 Å². The molecule has 2 rings (SSSR count). The van der Waals surface area contributed by atoms with E-state index in [1.165, 1.54) is 0 Å². The lowest BCUT2D eigenvalue weighted by Gasteiger charge is -2.24. The number of halogens is 3. The summed E-state index contributed by atoms with van der Waals surface area (Å²) in [6.45, 7) is 0. The van der Waals surface area contributed by atoms with Gasteiger partial charge in [-0.25, -0.2) is 8.42 Å². The number of benzene rings is 1. The topological polar surface area (TPSA) is 67.4 Å². The van der Waals surface area contributed by atoms with Crippen molar-refractivity contribution < 1.29 is 26.3 Å². The van der Waals surface area contributed by atoms with Gasteiger partial charge in [-0.15, -0.1) is 13.2 Å². The van der Waals surface area contributed by atoms with Crippen LogP contribution in [-0.4, -0.2) is 25.9 Å². The van der Waals surface area contributed by atoms with Gasteiger partial charge in [0, 0.05) is 6.04 Å². The lowest BCUT2D eigenvalue weighted by molar-refractivity contribution is -0.274. The number of hydrogen-bond donors (Lipinski definition) is 2. The van der Waals surface area contributed by atoms with Crippen molar-refractivity contribution in [2.45, 2.75) is 49.4 Å². The minimum Gasteiger partial charge on any atom is -0.406 e. The fraction of sp³-hybridized carbons (Fsp3) is 0.500. The molecule has 0 bridgehead atoms. The van der Waals surface area contributed by atoms with E-state index in [-0.39, 0.29) is 16.0 Å². The summed E-state index contributed by atoms with van der Waals surface area (Å²) in [7, 11) is -3.96. The molecule has 1 saturated carbocycles. The number of sulfonamides is 1. The van der Waals surface area contributed by atoms with Gasteiger partial charge in [0.15, 0.2) is 5.11 Å². The summed E-state index contributed by atoms with van der Waals surface area (Å²) in [5.74, 6) is -0.496. The summed E-state index contributed by atoms with van der Waals surface area (Å²) in [6, 6.07) is 4.04. The molecule has 0 heterocycles. The maximum atomic E-state index is 12.2. The molecular weight excluding hydrogens is 365 g/mol. The Bertz CT molecular complexity index is 670. The van der Waals surface area contributed by atoms with Gasteiger partial charge < -0.3 is 10.1 Å². The second-order valence-electron chi connectivity index (χ2n) is 5.43. The van der Waals surface area contributed by atoms with Crippen LogP contribution in [0.25, 0.3) is 0 Å². The third kappa shape index (κ3) is 5.82. The number of hydrogen-bond acceptors (Lipinski definition) is 4. The van der Waals surface area contributed by atoms with Gasteiger partial charge in [0.2, 0.25) is 0 Å². The average Bonchev–Trinajstić information content (AvgIpc) is 2.46. The number of rotatable bonds is 4. The predicted molar refractivity (Wildman–Crippen MR) is 86.1 cm³/mol. The second kappa shape index (κ2) is 7.56. The van der Waals surface area contributed by atoms with E-state index in [0.29, 0.717) is 0 Å². The van der Waals surface area contributed by atoms with E-state index >= 15 is 0 Å². The number of thiocarbonyl (C=S) groups is 1. The van der Waals surface area contributed by atoms with Gasteiger partial charge in [0.05, 0.1) is 4.90 Å². The van der Waals surface area contributed by atoms with E-state index in [9.17, 15) is 21.6 Å². The van der Waals surface area contributed by atoms with Crippen LogP contribution >= 0.6 is 12.2 Å². The summed E-state index contributed by atoms with van der Waals surface area (Å²) >= 11 is 5.01. The Morgan fingerprint density at radius 2 is 1.71 bits per heavy atom. The molecule has 1 aliphatic carbocycles. The lowest BCUT2D eigenvalue weighted by Crippen LogP contribution is -2.44. The van der Waals surface area contributed by atoms with E-state index in [2.05, 4.69) is 14.8 Å². The molecule has 0 aromatic heterocycles. The summed E-state index contributed by atoms with van der Waals surface area (Å²) in [4.78, 5) is -0.204. The first-order valence-electron chi connectivity index (χ1n) is 7.35.